The average Bonchev–Trinajstić information content (AvgIpc) is 2.23. The summed E-state index contributed by atoms with van der Waals surface area (Å²) >= 11 is 0. The molecule has 0 aromatic rings. The number of nitrogens with zero attached hydrogens (tertiary/aromatic N) is 1. The summed E-state index contributed by atoms with van der Waals surface area (Å²) in [5.41, 5.74) is -0.00595. The van der Waals surface area contributed by atoms with Crippen molar-refractivity contribution >= 4 is 6.09 Å². The summed E-state index contributed by atoms with van der Waals surface area (Å²) in [6.45, 7) is 14.2. The standard InChI is InChI=1S/C17H34N2O2/c1-13-10-14(12-17(5,6)11-13)18-8-9-19(7)15(20)21-16(2,3)4/h13-14,18H,8-12H2,1-7H3. The Morgan fingerprint density at radius 3 is 2.48 bits per heavy atom. The predicted octanol–water partition coefficient (Wildman–Crippen LogP) is 3.66. The number of hydrogen-bond acceptors (Lipinski definition) is 3. The van der Waals surface area contributed by atoms with Gasteiger partial charge in [0.15, 0.2) is 0 Å². The van der Waals surface area contributed by atoms with Gasteiger partial charge in [-0.1, -0.05) is 20.8 Å². The molecule has 1 N–H and O–H groups in total. The van der Waals surface area contributed by atoms with Gasteiger partial charge in [0.2, 0.25) is 0 Å². The molecule has 1 rings (SSSR count). The summed E-state index contributed by atoms with van der Waals surface area (Å²) in [6, 6.07) is 0.566. The highest BCUT2D eigenvalue weighted by molar-refractivity contribution is 5.67. The smallest absolute Gasteiger partial charge is 0.410 e. The van der Waals surface area contributed by atoms with Crippen LogP contribution in [-0.2, 0) is 4.74 Å². The monoisotopic (exact) mass is 298 g/mol. The van der Waals surface area contributed by atoms with Crippen molar-refractivity contribution in [1.29, 1.82) is 0 Å². The molecule has 1 amide bonds. The second-order valence-electron chi connectivity index (χ2n) is 8.47. The summed E-state index contributed by atoms with van der Waals surface area (Å²) in [5, 5.41) is 3.61. The zero-order valence-electron chi connectivity index (χ0n) is 15.0. The van der Waals surface area contributed by atoms with Crippen molar-refractivity contribution in [3.63, 3.8) is 0 Å². The summed E-state index contributed by atoms with van der Waals surface area (Å²) in [5.74, 6) is 0.773. The third-order valence-electron chi connectivity index (χ3n) is 3.97. The van der Waals surface area contributed by atoms with Gasteiger partial charge in [-0.2, -0.15) is 0 Å². The second kappa shape index (κ2) is 6.99. The van der Waals surface area contributed by atoms with Crippen LogP contribution in [0.4, 0.5) is 4.79 Å². The molecule has 0 aliphatic heterocycles. The number of likely N-dealkylation sites (N-methyl/N-ethyl adjacent to an activating group) is 1. The van der Waals surface area contributed by atoms with E-state index in [1.165, 1.54) is 19.3 Å². The molecule has 1 aliphatic carbocycles. The van der Waals surface area contributed by atoms with E-state index in [1.807, 2.05) is 20.8 Å². The lowest BCUT2D eigenvalue weighted by Gasteiger charge is -2.39. The first-order valence-electron chi connectivity index (χ1n) is 8.16. The van der Waals surface area contributed by atoms with Crippen molar-refractivity contribution in [1.82, 2.24) is 10.2 Å². The summed E-state index contributed by atoms with van der Waals surface area (Å²) in [7, 11) is 1.79. The van der Waals surface area contributed by atoms with Crippen LogP contribution in [0.15, 0.2) is 0 Å². The van der Waals surface area contributed by atoms with Crippen LogP contribution in [-0.4, -0.2) is 42.8 Å². The molecule has 0 radical (unpaired) electrons. The summed E-state index contributed by atoms with van der Waals surface area (Å²) in [6.07, 6.45) is 3.51. The lowest BCUT2D eigenvalue weighted by molar-refractivity contribution is 0.0296. The third-order valence-corrected chi connectivity index (χ3v) is 3.97. The number of carbonyl (C=O) groups excluding carboxylic acids is 1. The molecule has 1 fully saturated rings. The Morgan fingerprint density at radius 1 is 1.33 bits per heavy atom. The maximum absolute atomic E-state index is 11.9. The minimum absolute atomic E-state index is 0.248. The molecule has 2 unspecified atom stereocenters. The van der Waals surface area contributed by atoms with Crippen LogP contribution in [0.5, 0.6) is 0 Å². The molecule has 0 aromatic carbocycles. The van der Waals surface area contributed by atoms with Crippen molar-refractivity contribution in [2.75, 3.05) is 20.1 Å². The van der Waals surface area contributed by atoms with Gasteiger partial charge in [-0.05, 0) is 51.4 Å². The molecular weight excluding hydrogens is 264 g/mol. The number of amides is 1. The fourth-order valence-electron chi connectivity index (χ4n) is 3.37. The van der Waals surface area contributed by atoms with Gasteiger partial charge in [0.05, 0.1) is 0 Å². The van der Waals surface area contributed by atoms with E-state index >= 15 is 0 Å². The van der Waals surface area contributed by atoms with Crippen molar-refractivity contribution in [3.8, 4) is 0 Å². The van der Waals surface area contributed by atoms with Gasteiger partial charge >= 0.3 is 6.09 Å². The highest BCUT2D eigenvalue weighted by atomic mass is 16.6. The lowest BCUT2D eigenvalue weighted by Crippen LogP contribution is -2.44. The maximum Gasteiger partial charge on any atom is 0.410 e. The van der Waals surface area contributed by atoms with Crippen LogP contribution in [0, 0.1) is 11.3 Å². The van der Waals surface area contributed by atoms with Gasteiger partial charge < -0.3 is 15.0 Å². The molecule has 0 spiro atoms. The first-order valence-corrected chi connectivity index (χ1v) is 8.16. The number of carbonyl (C=O) groups is 1. The van der Waals surface area contributed by atoms with E-state index < -0.39 is 5.60 Å². The fourth-order valence-corrected chi connectivity index (χ4v) is 3.37. The van der Waals surface area contributed by atoms with E-state index in [9.17, 15) is 4.79 Å². The van der Waals surface area contributed by atoms with E-state index in [0.717, 1.165) is 12.5 Å². The Bertz CT molecular complexity index is 347. The lowest BCUT2D eigenvalue weighted by atomic mass is 9.70. The molecule has 2 atom stereocenters. The highest BCUT2D eigenvalue weighted by Gasteiger charge is 2.31. The van der Waals surface area contributed by atoms with E-state index in [1.54, 1.807) is 11.9 Å². The largest absolute Gasteiger partial charge is 0.444 e. The Hall–Kier alpha value is -0.770. The van der Waals surface area contributed by atoms with E-state index in [-0.39, 0.29) is 6.09 Å². The fraction of sp³-hybridized carbons (Fsp3) is 0.941. The Labute approximate surface area is 130 Å². The van der Waals surface area contributed by atoms with E-state index in [2.05, 4.69) is 26.1 Å². The zero-order valence-corrected chi connectivity index (χ0v) is 15.0. The van der Waals surface area contributed by atoms with Crippen molar-refractivity contribution in [3.05, 3.63) is 0 Å². The Kier molecular flexibility index (Phi) is 6.09. The van der Waals surface area contributed by atoms with E-state index in [0.29, 0.717) is 18.0 Å². The number of nitrogens with one attached hydrogen (secondary N) is 1. The zero-order chi connectivity index (χ0) is 16.3. The van der Waals surface area contributed by atoms with Crippen LogP contribution < -0.4 is 5.32 Å². The Balaban J connectivity index is 2.31. The Morgan fingerprint density at radius 2 is 1.95 bits per heavy atom. The summed E-state index contributed by atoms with van der Waals surface area (Å²) in [4.78, 5) is 13.5. The van der Waals surface area contributed by atoms with E-state index in [4.69, 9.17) is 4.74 Å². The van der Waals surface area contributed by atoms with Gasteiger partial charge in [0.25, 0.3) is 0 Å². The van der Waals surface area contributed by atoms with Crippen LogP contribution in [0.1, 0.15) is 60.8 Å². The van der Waals surface area contributed by atoms with Crippen molar-refractivity contribution in [2.24, 2.45) is 11.3 Å². The molecule has 21 heavy (non-hydrogen) atoms. The third kappa shape index (κ3) is 7.16. The maximum atomic E-state index is 11.9. The van der Waals surface area contributed by atoms with Gasteiger partial charge in [-0.3, -0.25) is 0 Å². The number of ether oxygens (including phenoxy) is 1. The molecule has 4 heteroatoms. The van der Waals surface area contributed by atoms with Gasteiger partial charge in [-0.25, -0.2) is 4.79 Å². The van der Waals surface area contributed by atoms with Crippen molar-refractivity contribution < 1.29 is 9.53 Å². The second-order valence-corrected chi connectivity index (χ2v) is 8.47. The van der Waals surface area contributed by atoms with Crippen LogP contribution in [0.3, 0.4) is 0 Å². The predicted molar refractivity (Wildman–Crippen MR) is 87.5 cm³/mol. The van der Waals surface area contributed by atoms with Crippen LogP contribution in [0.2, 0.25) is 0 Å². The minimum Gasteiger partial charge on any atom is -0.444 e. The molecule has 1 saturated carbocycles. The molecular formula is C17H34N2O2. The molecule has 4 nitrogen and oxygen atoms in total. The quantitative estimate of drug-likeness (QED) is 0.861. The first-order chi connectivity index (χ1) is 9.48. The molecule has 0 bridgehead atoms. The molecule has 124 valence electrons. The molecule has 0 saturated heterocycles. The van der Waals surface area contributed by atoms with Gasteiger partial charge in [0.1, 0.15) is 5.60 Å². The molecule has 0 heterocycles. The van der Waals surface area contributed by atoms with Crippen LogP contribution >= 0.6 is 0 Å². The topological polar surface area (TPSA) is 41.6 Å². The average molecular weight is 298 g/mol. The molecule has 1 aliphatic rings. The highest BCUT2D eigenvalue weighted by Crippen LogP contribution is 2.38. The molecule has 0 aromatic heterocycles. The first kappa shape index (κ1) is 18.3. The van der Waals surface area contributed by atoms with Gasteiger partial charge in [0, 0.05) is 26.2 Å². The normalized spacial score (nSPS) is 25.5. The van der Waals surface area contributed by atoms with Gasteiger partial charge in [-0.15, -0.1) is 0 Å². The number of hydrogen-bond donors (Lipinski definition) is 1. The minimum atomic E-state index is -0.429. The summed E-state index contributed by atoms with van der Waals surface area (Å²) < 4.78 is 5.35. The van der Waals surface area contributed by atoms with Crippen molar-refractivity contribution in [2.45, 2.75) is 72.4 Å². The van der Waals surface area contributed by atoms with Crippen LogP contribution in [0.25, 0.3) is 0 Å². The number of rotatable bonds is 4. The SMILES string of the molecule is CC1CC(NCCN(C)C(=O)OC(C)(C)C)CC(C)(C)C1.